The number of amides is 3. The van der Waals surface area contributed by atoms with Gasteiger partial charge in [0.1, 0.15) is 17.6 Å². The lowest BCUT2D eigenvalue weighted by atomic mass is 10.0. The van der Waals surface area contributed by atoms with Crippen molar-refractivity contribution < 1.29 is 22.8 Å². The van der Waals surface area contributed by atoms with E-state index in [1.54, 1.807) is 4.90 Å². The number of nitrogens with one attached hydrogen (secondary N) is 4. The van der Waals surface area contributed by atoms with Crippen LogP contribution >= 0.6 is 12.2 Å². The Morgan fingerprint density at radius 1 is 1.03 bits per heavy atom. The third-order valence-electron chi connectivity index (χ3n) is 8.28. The molecular formula is C27H43N5O5S2. The van der Waals surface area contributed by atoms with Crippen molar-refractivity contribution in [1.29, 1.82) is 0 Å². The van der Waals surface area contributed by atoms with E-state index in [-0.39, 0.29) is 5.91 Å². The van der Waals surface area contributed by atoms with Crippen LogP contribution in [0.1, 0.15) is 96.3 Å². The number of likely N-dealkylation sites (tertiary alicyclic amines) is 1. The van der Waals surface area contributed by atoms with E-state index in [1.807, 2.05) is 6.08 Å². The van der Waals surface area contributed by atoms with Gasteiger partial charge in [-0.1, -0.05) is 31.8 Å². The van der Waals surface area contributed by atoms with Gasteiger partial charge >= 0.3 is 0 Å². The molecule has 10 nitrogen and oxygen atoms in total. The number of hydrogen-bond donors (Lipinski definition) is 4. The van der Waals surface area contributed by atoms with Gasteiger partial charge in [-0.05, 0) is 82.8 Å². The molecule has 0 aromatic carbocycles. The van der Waals surface area contributed by atoms with Crippen LogP contribution in [0.4, 0.5) is 0 Å². The second kappa shape index (κ2) is 13.0. The lowest BCUT2D eigenvalue weighted by molar-refractivity contribution is -0.141. The van der Waals surface area contributed by atoms with Crippen molar-refractivity contribution in [2.75, 3.05) is 6.54 Å². The highest BCUT2D eigenvalue weighted by molar-refractivity contribution is 7.91. The Labute approximate surface area is 237 Å². The van der Waals surface area contributed by atoms with E-state index >= 15 is 0 Å². The summed E-state index contributed by atoms with van der Waals surface area (Å²) in [4.78, 5) is 41.5. The minimum Gasteiger partial charge on any atom is -0.360 e. The van der Waals surface area contributed by atoms with Crippen LogP contribution in [0.3, 0.4) is 0 Å². The molecule has 4 N–H and O–H groups in total. The van der Waals surface area contributed by atoms with E-state index < -0.39 is 44.7 Å². The van der Waals surface area contributed by atoms with Gasteiger partial charge in [-0.3, -0.25) is 19.1 Å². The van der Waals surface area contributed by atoms with E-state index in [1.165, 1.54) is 12.8 Å². The van der Waals surface area contributed by atoms with Crippen LogP contribution in [-0.2, 0) is 24.4 Å². The Morgan fingerprint density at radius 3 is 2.38 bits per heavy atom. The number of rotatable bonds is 14. The van der Waals surface area contributed by atoms with Crippen molar-refractivity contribution in [3.05, 3.63) is 12.7 Å². The van der Waals surface area contributed by atoms with Gasteiger partial charge in [-0.25, -0.2) is 8.42 Å². The third kappa shape index (κ3) is 7.93. The first kappa shape index (κ1) is 29.8. The second-order valence-corrected chi connectivity index (χ2v) is 13.9. The Morgan fingerprint density at radius 2 is 1.74 bits per heavy atom. The molecule has 4 rings (SSSR count). The SMILES string of the molecule is C=CCCCCC[C@H](NC(=S)NC1CCCC1)C(=O)N1CCC[C@H]1C(=O)NC1(C(=O)NS(=O)(=O)C2CC2)CC1. The minimum atomic E-state index is -3.70. The summed E-state index contributed by atoms with van der Waals surface area (Å²) in [6.07, 6.45) is 13.7. The molecule has 3 amide bonds. The van der Waals surface area contributed by atoms with Crippen LogP contribution in [0.25, 0.3) is 0 Å². The van der Waals surface area contributed by atoms with Crippen LogP contribution in [0.15, 0.2) is 12.7 Å². The largest absolute Gasteiger partial charge is 0.360 e. The Kier molecular flexibility index (Phi) is 9.90. The summed E-state index contributed by atoms with van der Waals surface area (Å²) in [7, 11) is -3.70. The standard InChI is InChI=1S/C27H43N5O5S2/c1-2-3-4-5-6-12-21(29-26(38)28-19-10-7-8-11-19)24(34)32-18-9-13-22(32)23(33)30-27(16-17-27)25(35)31-39(36,37)20-14-15-20/h2,19-22H,1,3-18H2,(H,30,33)(H,31,35)(H2,28,29,38)/t21-,22-/m0/s1. The van der Waals surface area contributed by atoms with Gasteiger partial charge in [0.15, 0.2) is 5.11 Å². The molecule has 218 valence electrons. The van der Waals surface area contributed by atoms with E-state index in [0.29, 0.717) is 62.6 Å². The zero-order chi connectivity index (χ0) is 28.0. The Bertz CT molecular complexity index is 1050. The summed E-state index contributed by atoms with van der Waals surface area (Å²) in [5.74, 6) is -1.26. The number of hydrogen-bond acceptors (Lipinski definition) is 6. The highest BCUT2D eigenvalue weighted by atomic mass is 32.2. The lowest BCUT2D eigenvalue weighted by Crippen LogP contribution is -2.58. The monoisotopic (exact) mass is 581 g/mol. The first-order valence-electron chi connectivity index (χ1n) is 14.5. The van der Waals surface area contributed by atoms with Gasteiger partial charge in [0.05, 0.1) is 5.25 Å². The maximum Gasteiger partial charge on any atom is 0.259 e. The second-order valence-electron chi connectivity index (χ2n) is 11.5. The van der Waals surface area contributed by atoms with Gasteiger partial charge in [-0.15, -0.1) is 6.58 Å². The molecule has 1 aliphatic heterocycles. The first-order chi connectivity index (χ1) is 18.6. The number of carbonyl (C=O) groups excluding carboxylic acids is 3. The molecule has 4 fully saturated rings. The van der Waals surface area contributed by atoms with Crippen molar-refractivity contribution in [3.8, 4) is 0 Å². The molecule has 0 radical (unpaired) electrons. The zero-order valence-corrected chi connectivity index (χ0v) is 24.3. The molecular weight excluding hydrogens is 538 g/mol. The normalized spacial score (nSPS) is 23.1. The van der Waals surface area contributed by atoms with Crippen LogP contribution in [-0.4, -0.2) is 71.6 Å². The molecule has 3 saturated carbocycles. The predicted octanol–water partition coefficient (Wildman–Crippen LogP) is 2.15. The number of thiocarbonyl (C=S) groups is 1. The average molecular weight is 582 g/mol. The summed E-state index contributed by atoms with van der Waals surface area (Å²) in [5.41, 5.74) is -1.22. The number of allylic oxidation sites excluding steroid dienone is 1. The molecule has 0 bridgehead atoms. The summed E-state index contributed by atoms with van der Waals surface area (Å²) >= 11 is 5.56. The third-order valence-corrected chi connectivity index (χ3v) is 10.3. The summed E-state index contributed by atoms with van der Waals surface area (Å²) in [6.45, 7) is 4.21. The van der Waals surface area contributed by atoms with Crippen molar-refractivity contribution in [2.24, 2.45) is 0 Å². The van der Waals surface area contributed by atoms with Crippen LogP contribution < -0.4 is 20.7 Å². The predicted molar refractivity (Wildman–Crippen MR) is 153 cm³/mol. The molecule has 1 heterocycles. The van der Waals surface area contributed by atoms with Crippen LogP contribution in [0, 0.1) is 0 Å². The minimum absolute atomic E-state index is 0.169. The quantitative estimate of drug-likeness (QED) is 0.139. The molecule has 0 spiro atoms. The lowest BCUT2D eigenvalue weighted by Gasteiger charge is -2.31. The highest BCUT2D eigenvalue weighted by Crippen LogP contribution is 2.37. The summed E-state index contributed by atoms with van der Waals surface area (Å²) in [6, 6.07) is -0.932. The highest BCUT2D eigenvalue weighted by Gasteiger charge is 2.54. The smallest absolute Gasteiger partial charge is 0.259 e. The molecule has 3 aliphatic carbocycles. The summed E-state index contributed by atoms with van der Waals surface area (Å²) in [5, 5.41) is 9.32. The average Bonchev–Trinajstić information content (AvgIpc) is 3.79. The Balaban J connectivity index is 1.37. The van der Waals surface area contributed by atoms with Crippen molar-refractivity contribution in [2.45, 2.75) is 125 Å². The molecule has 0 aromatic heterocycles. The molecule has 0 aromatic rings. The first-order valence-corrected chi connectivity index (χ1v) is 16.5. The van der Waals surface area contributed by atoms with Gasteiger partial charge < -0.3 is 20.9 Å². The number of carbonyl (C=O) groups is 3. The van der Waals surface area contributed by atoms with Gasteiger partial charge in [0.25, 0.3) is 5.91 Å². The fraction of sp³-hybridized carbons (Fsp3) is 0.778. The van der Waals surface area contributed by atoms with Crippen molar-refractivity contribution >= 4 is 45.1 Å². The fourth-order valence-corrected chi connectivity index (χ4v) is 7.26. The van der Waals surface area contributed by atoms with Crippen LogP contribution in [0.2, 0.25) is 0 Å². The topological polar surface area (TPSA) is 137 Å². The van der Waals surface area contributed by atoms with Crippen molar-refractivity contribution in [1.82, 2.24) is 25.6 Å². The van der Waals surface area contributed by atoms with E-state index in [2.05, 4.69) is 27.3 Å². The number of sulfonamides is 1. The summed E-state index contributed by atoms with van der Waals surface area (Å²) < 4.78 is 26.7. The van der Waals surface area contributed by atoms with Gasteiger partial charge in [-0.2, -0.15) is 0 Å². The van der Waals surface area contributed by atoms with Gasteiger partial charge in [0, 0.05) is 12.6 Å². The maximum atomic E-state index is 13.8. The number of nitrogens with zero attached hydrogens (tertiary/aromatic N) is 1. The maximum absolute atomic E-state index is 13.8. The molecule has 12 heteroatoms. The van der Waals surface area contributed by atoms with E-state index in [0.717, 1.165) is 38.5 Å². The number of unbranched alkanes of at least 4 members (excludes halogenated alkanes) is 3. The Hall–Kier alpha value is -2.21. The molecule has 2 atom stereocenters. The van der Waals surface area contributed by atoms with E-state index in [9.17, 15) is 22.8 Å². The molecule has 39 heavy (non-hydrogen) atoms. The molecule has 4 aliphatic rings. The molecule has 1 saturated heterocycles. The molecule has 0 unspecified atom stereocenters. The van der Waals surface area contributed by atoms with Crippen molar-refractivity contribution in [3.63, 3.8) is 0 Å². The van der Waals surface area contributed by atoms with Gasteiger partial charge in [0.2, 0.25) is 21.8 Å². The zero-order valence-electron chi connectivity index (χ0n) is 22.7. The van der Waals surface area contributed by atoms with E-state index in [4.69, 9.17) is 12.2 Å². The fourth-order valence-electron chi connectivity index (χ4n) is 5.57. The van der Waals surface area contributed by atoms with Crippen LogP contribution in [0.5, 0.6) is 0 Å².